The lowest BCUT2D eigenvalue weighted by molar-refractivity contribution is -0.118. The van der Waals surface area contributed by atoms with Gasteiger partial charge in [0.1, 0.15) is 11.4 Å². The lowest BCUT2D eigenvalue weighted by atomic mass is 9.83. The van der Waals surface area contributed by atoms with E-state index in [0.717, 1.165) is 53.9 Å². The van der Waals surface area contributed by atoms with Crippen molar-refractivity contribution >= 4 is 5.91 Å². The Morgan fingerprint density at radius 1 is 1.28 bits per heavy atom. The Labute approximate surface area is 196 Å². The van der Waals surface area contributed by atoms with Gasteiger partial charge in [-0.15, -0.1) is 0 Å². The predicted molar refractivity (Wildman–Crippen MR) is 139 cm³/mol. The number of rotatable bonds is 11. The zero-order chi connectivity index (χ0) is 24.6. The van der Waals surface area contributed by atoms with Gasteiger partial charge >= 0.3 is 0 Å². The highest BCUT2D eigenvalue weighted by molar-refractivity contribution is 5.73. The van der Waals surface area contributed by atoms with E-state index in [1.165, 1.54) is 6.92 Å². The molecule has 0 saturated carbocycles. The third-order valence-electron chi connectivity index (χ3n) is 5.13. The van der Waals surface area contributed by atoms with Crippen molar-refractivity contribution < 1.29 is 9.53 Å². The summed E-state index contributed by atoms with van der Waals surface area (Å²) in [4.78, 5) is 11.2. The van der Waals surface area contributed by atoms with Crippen LogP contribution in [-0.2, 0) is 9.53 Å². The van der Waals surface area contributed by atoms with Gasteiger partial charge in [0.25, 0.3) is 0 Å². The topological polar surface area (TPSA) is 50.4 Å². The van der Waals surface area contributed by atoms with Crippen LogP contribution in [0.3, 0.4) is 0 Å². The van der Waals surface area contributed by atoms with Crippen molar-refractivity contribution in [1.82, 2.24) is 10.6 Å². The Bertz CT molecular complexity index is 781. The Hall–Kier alpha value is -2.59. The van der Waals surface area contributed by atoms with Crippen molar-refractivity contribution in [3.05, 3.63) is 83.7 Å². The van der Waals surface area contributed by atoms with Crippen LogP contribution in [0.4, 0.5) is 0 Å². The first-order valence-corrected chi connectivity index (χ1v) is 11.6. The maximum absolute atomic E-state index is 11.2. The molecular weight excluding hydrogens is 396 g/mol. The molecule has 1 unspecified atom stereocenters. The van der Waals surface area contributed by atoms with Crippen molar-refractivity contribution in [2.45, 2.75) is 66.4 Å². The molecule has 1 atom stereocenters. The third-order valence-corrected chi connectivity index (χ3v) is 5.13. The van der Waals surface area contributed by atoms with Gasteiger partial charge in [-0.3, -0.25) is 4.79 Å². The predicted octanol–water partition coefficient (Wildman–Crippen LogP) is 6.33. The van der Waals surface area contributed by atoms with Crippen LogP contribution >= 0.6 is 0 Å². The number of carbonyl (C=O) groups is 1. The smallest absolute Gasteiger partial charge is 0.217 e. The second-order valence-corrected chi connectivity index (χ2v) is 7.56. The van der Waals surface area contributed by atoms with Gasteiger partial charge in [-0.25, -0.2) is 0 Å². The van der Waals surface area contributed by atoms with Crippen LogP contribution in [0.15, 0.2) is 83.7 Å². The number of nitrogens with one attached hydrogen (secondary N) is 2. The number of carbonyl (C=O) groups excluding carboxylic acids is 1. The molecule has 4 nitrogen and oxygen atoms in total. The Morgan fingerprint density at radius 3 is 2.50 bits per heavy atom. The number of allylic oxidation sites excluding steroid dienone is 8. The molecular formula is C28H44N2O2. The van der Waals surface area contributed by atoms with Crippen LogP contribution in [0.2, 0.25) is 0 Å². The van der Waals surface area contributed by atoms with Crippen LogP contribution < -0.4 is 10.6 Å². The van der Waals surface area contributed by atoms with E-state index >= 15 is 0 Å². The second-order valence-electron chi connectivity index (χ2n) is 7.56. The van der Waals surface area contributed by atoms with Crippen LogP contribution in [0, 0.1) is 0 Å². The number of hydrogen-bond acceptors (Lipinski definition) is 3. The summed E-state index contributed by atoms with van der Waals surface area (Å²) in [7, 11) is 1.96. The summed E-state index contributed by atoms with van der Waals surface area (Å²) >= 11 is 0. The molecule has 1 aliphatic rings. The fraction of sp³-hybridized carbons (Fsp3) is 0.464. The minimum absolute atomic E-state index is 0.0267. The highest BCUT2D eigenvalue weighted by Gasteiger charge is 2.35. The van der Waals surface area contributed by atoms with Crippen molar-refractivity contribution in [3.63, 3.8) is 0 Å². The Kier molecular flexibility index (Phi) is 14.8. The van der Waals surface area contributed by atoms with E-state index in [2.05, 4.69) is 42.9 Å². The van der Waals surface area contributed by atoms with Crippen molar-refractivity contribution in [2.75, 3.05) is 20.1 Å². The molecule has 0 bridgehead atoms. The van der Waals surface area contributed by atoms with Crippen molar-refractivity contribution in [2.24, 2.45) is 0 Å². The molecule has 0 saturated heterocycles. The Morgan fingerprint density at radius 2 is 1.97 bits per heavy atom. The van der Waals surface area contributed by atoms with Crippen molar-refractivity contribution in [3.8, 4) is 0 Å². The molecule has 32 heavy (non-hydrogen) atoms. The van der Waals surface area contributed by atoms with Crippen molar-refractivity contribution in [1.29, 1.82) is 0 Å². The van der Waals surface area contributed by atoms with E-state index in [1.54, 1.807) is 0 Å². The van der Waals surface area contributed by atoms with Gasteiger partial charge in [-0.2, -0.15) is 0 Å². The lowest BCUT2D eigenvalue weighted by Gasteiger charge is -2.38. The van der Waals surface area contributed by atoms with Gasteiger partial charge in [0.05, 0.1) is 0 Å². The Balaban J connectivity index is 0.00000466. The van der Waals surface area contributed by atoms with Gasteiger partial charge in [0.2, 0.25) is 5.91 Å². The maximum atomic E-state index is 11.2. The van der Waals surface area contributed by atoms with Gasteiger partial charge in [0, 0.05) is 25.5 Å². The number of amides is 1. The summed E-state index contributed by atoms with van der Waals surface area (Å²) in [6, 6.07) is 0. The monoisotopic (exact) mass is 440 g/mol. The molecule has 178 valence electrons. The molecule has 0 radical (unpaired) electrons. The maximum Gasteiger partial charge on any atom is 0.217 e. The standard InChI is InChI=1S/C26H38N2O2.C2H6/c1-8-11-13-25-21(5)24(18-26(10-3,30-25)16-17-27-7)23(12-9-2)15-14-20(4)19-28-22(6)29;1-2/h8-9,11-14,18,27H,2,5,10,15-17,19H2,1,3-4,6-7H3,(H,28,29);1-2H3/b11-8-,20-14+,23-12+,25-13+;. The molecule has 1 heterocycles. The molecule has 0 aliphatic carbocycles. The molecule has 4 heteroatoms. The van der Waals surface area contributed by atoms with Gasteiger partial charge < -0.3 is 15.4 Å². The molecule has 1 amide bonds. The fourth-order valence-corrected chi connectivity index (χ4v) is 3.24. The number of hydrogen-bond donors (Lipinski definition) is 2. The average molecular weight is 441 g/mol. The summed E-state index contributed by atoms with van der Waals surface area (Å²) in [5.74, 6) is 0.776. The highest BCUT2D eigenvalue weighted by atomic mass is 16.5. The second kappa shape index (κ2) is 16.1. The summed E-state index contributed by atoms with van der Waals surface area (Å²) < 4.78 is 6.47. The van der Waals surface area contributed by atoms with E-state index < -0.39 is 0 Å². The molecule has 0 aromatic carbocycles. The fourth-order valence-electron chi connectivity index (χ4n) is 3.24. The molecule has 0 fully saturated rings. The summed E-state index contributed by atoms with van der Waals surface area (Å²) in [6.45, 7) is 21.3. The molecule has 1 aliphatic heterocycles. The van der Waals surface area contributed by atoms with Crippen LogP contribution in [0.1, 0.15) is 60.8 Å². The largest absolute Gasteiger partial charge is 0.483 e. The van der Waals surface area contributed by atoms with E-state index in [9.17, 15) is 4.79 Å². The van der Waals surface area contributed by atoms with Crippen LogP contribution in [-0.4, -0.2) is 31.6 Å². The molecule has 1 rings (SSSR count). The molecule has 2 N–H and O–H groups in total. The minimum Gasteiger partial charge on any atom is -0.483 e. The number of ether oxygens (including phenoxy) is 1. The van der Waals surface area contributed by atoms with E-state index in [4.69, 9.17) is 4.74 Å². The SMILES string of the molecule is C=C/C=C(\C/C=C(\C)CNC(C)=O)C1=CC(CC)(CCNC)O/C(=C/C=C\C)C1=C.CC. The summed E-state index contributed by atoms with van der Waals surface area (Å²) in [6.07, 6.45) is 16.6. The van der Waals surface area contributed by atoms with Gasteiger partial charge in [-0.05, 0) is 63.6 Å². The first kappa shape index (κ1) is 29.4. The highest BCUT2D eigenvalue weighted by Crippen LogP contribution is 2.40. The van der Waals surface area contributed by atoms with Gasteiger partial charge in [-0.1, -0.05) is 69.9 Å². The van der Waals surface area contributed by atoms with Crippen LogP contribution in [0.5, 0.6) is 0 Å². The third kappa shape index (κ3) is 9.69. The molecule has 0 aromatic heterocycles. The normalized spacial score (nSPS) is 20.4. The quantitative estimate of drug-likeness (QED) is 0.292. The lowest BCUT2D eigenvalue weighted by Crippen LogP contribution is -2.36. The first-order chi connectivity index (χ1) is 15.3. The van der Waals surface area contributed by atoms with E-state index in [-0.39, 0.29) is 11.5 Å². The molecule has 0 aromatic rings. The molecule has 0 spiro atoms. The summed E-state index contributed by atoms with van der Waals surface area (Å²) in [5.41, 5.74) is 3.83. The first-order valence-electron chi connectivity index (χ1n) is 11.6. The average Bonchev–Trinajstić information content (AvgIpc) is 2.80. The van der Waals surface area contributed by atoms with E-state index in [0.29, 0.717) is 6.54 Å². The van der Waals surface area contributed by atoms with Gasteiger partial charge in [0.15, 0.2) is 0 Å². The van der Waals surface area contributed by atoms with E-state index in [1.807, 2.05) is 65.1 Å². The zero-order valence-electron chi connectivity index (χ0n) is 21.3. The summed E-state index contributed by atoms with van der Waals surface area (Å²) in [5, 5.41) is 6.08. The van der Waals surface area contributed by atoms with Crippen LogP contribution in [0.25, 0.3) is 0 Å². The minimum atomic E-state index is -0.387. The zero-order valence-corrected chi connectivity index (χ0v) is 21.3.